The van der Waals surface area contributed by atoms with E-state index in [4.69, 9.17) is 0 Å². The fourth-order valence-corrected chi connectivity index (χ4v) is 4.23. The second-order valence-electron chi connectivity index (χ2n) is 6.34. The van der Waals surface area contributed by atoms with Crippen LogP contribution in [0.2, 0.25) is 0 Å². The molecule has 5 heteroatoms. The number of aromatic nitrogens is 3. The van der Waals surface area contributed by atoms with Crippen molar-refractivity contribution in [3.63, 3.8) is 0 Å². The van der Waals surface area contributed by atoms with Crippen molar-refractivity contribution >= 4 is 17.5 Å². The predicted molar refractivity (Wildman–Crippen MR) is 112 cm³/mol. The number of Topliss-reactive ketones (excluding diaryl/α,β-unsaturated/α-hetero) is 1. The van der Waals surface area contributed by atoms with Crippen LogP contribution in [0.5, 0.6) is 0 Å². The Morgan fingerprint density at radius 2 is 1.39 bits per heavy atom. The predicted octanol–water partition coefficient (Wildman–Crippen LogP) is 5.29. The normalized spacial score (nSPS) is 11.9. The molecule has 1 heterocycles. The smallest absolute Gasteiger partial charge is 0.196 e. The first-order valence-corrected chi connectivity index (χ1v) is 9.90. The number of ketones is 1. The van der Waals surface area contributed by atoms with E-state index < -0.39 is 5.25 Å². The van der Waals surface area contributed by atoms with Gasteiger partial charge in [0.15, 0.2) is 10.9 Å². The summed E-state index contributed by atoms with van der Waals surface area (Å²) in [5.41, 5.74) is 2.61. The van der Waals surface area contributed by atoms with Gasteiger partial charge in [-0.05, 0) is 24.6 Å². The number of aryl methyl sites for hydroxylation is 1. The minimum Gasteiger partial charge on any atom is -0.293 e. The first-order valence-electron chi connectivity index (χ1n) is 9.02. The molecule has 0 aliphatic heterocycles. The second-order valence-corrected chi connectivity index (χ2v) is 7.41. The number of hydrogen-bond donors (Lipinski definition) is 0. The Hall–Kier alpha value is -3.18. The van der Waals surface area contributed by atoms with Crippen molar-refractivity contribution in [3.05, 3.63) is 108 Å². The van der Waals surface area contributed by atoms with Crippen LogP contribution in [-0.2, 0) is 0 Å². The summed E-state index contributed by atoms with van der Waals surface area (Å²) < 4.78 is 1.98. The summed E-state index contributed by atoms with van der Waals surface area (Å²) in [5, 5.41) is 8.90. The van der Waals surface area contributed by atoms with Gasteiger partial charge in [-0.1, -0.05) is 90.6 Å². The Balaban J connectivity index is 1.75. The molecule has 0 fully saturated rings. The second kappa shape index (κ2) is 8.23. The van der Waals surface area contributed by atoms with Crippen LogP contribution >= 0.6 is 11.8 Å². The van der Waals surface area contributed by atoms with Gasteiger partial charge in [0.2, 0.25) is 0 Å². The molecule has 4 nitrogen and oxygen atoms in total. The average Bonchev–Trinajstić information content (AvgIpc) is 3.13. The lowest BCUT2D eigenvalue weighted by molar-refractivity contribution is 0.0989. The lowest BCUT2D eigenvalue weighted by Crippen LogP contribution is -2.11. The summed E-state index contributed by atoms with van der Waals surface area (Å²) in [4.78, 5) is 13.3. The fraction of sp³-hybridized carbons (Fsp3) is 0.0870. The summed E-state index contributed by atoms with van der Waals surface area (Å²) in [6.07, 6.45) is 0. The highest BCUT2D eigenvalue weighted by atomic mass is 32.2. The van der Waals surface area contributed by atoms with Crippen LogP contribution in [0.15, 0.2) is 96.2 Å². The van der Waals surface area contributed by atoms with Crippen LogP contribution in [0, 0.1) is 6.92 Å². The Kier molecular flexibility index (Phi) is 5.35. The zero-order chi connectivity index (χ0) is 19.3. The maximum absolute atomic E-state index is 13.3. The highest BCUT2D eigenvalue weighted by molar-refractivity contribution is 8.00. The minimum absolute atomic E-state index is 0.0528. The van der Waals surface area contributed by atoms with Crippen molar-refractivity contribution in [2.75, 3.05) is 0 Å². The number of rotatable bonds is 6. The van der Waals surface area contributed by atoms with Crippen molar-refractivity contribution in [2.24, 2.45) is 0 Å². The standard InChI is InChI=1S/C23H19N3OS/c1-17-24-25-23(26(17)20-15-9-4-10-16-20)28-22(19-13-7-3-8-14-19)21(27)18-11-5-2-6-12-18/h2-16,22H,1H3/t22-/m1/s1. The quantitative estimate of drug-likeness (QED) is 0.334. The van der Waals surface area contributed by atoms with E-state index in [9.17, 15) is 4.79 Å². The van der Waals surface area contributed by atoms with Crippen LogP contribution in [0.25, 0.3) is 5.69 Å². The number of nitrogens with zero attached hydrogens (tertiary/aromatic N) is 3. The van der Waals surface area contributed by atoms with Crippen LogP contribution < -0.4 is 0 Å². The lowest BCUT2D eigenvalue weighted by atomic mass is 10.0. The maximum atomic E-state index is 13.3. The highest BCUT2D eigenvalue weighted by Crippen LogP contribution is 2.38. The SMILES string of the molecule is Cc1nnc(S[C@@H](C(=O)c2ccccc2)c2ccccc2)n1-c1ccccc1. The highest BCUT2D eigenvalue weighted by Gasteiger charge is 2.26. The first-order chi connectivity index (χ1) is 13.7. The molecule has 0 spiro atoms. The number of carbonyl (C=O) groups excluding carboxylic acids is 1. The molecule has 4 aromatic rings. The summed E-state index contributed by atoms with van der Waals surface area (Å²) in [6, 6.07) is 29.2. The van der Waals surface area contributed by atoms with E-state index in [1.807, 2.05) is 102 Å². The molecule has 1 aromatic heterocycles. The molecule has 1 atom stereocenters. The summed E-state index contributed by atoms with van der Waals surface area (Å²) in [5.74, 6) is 0.838. The van der Waals surface area contributed by atoms with Crippen molar-refractivity contribution in [3.8, 4) is 5.69 Å². The molecule has 3 aromatic carbocycles. The van der Waals surface area contributed by atoms with Crippen molar-refractivity contribution in [1.82, 2.24) is 14.8 Å². The summed E-state index contributed by atoms with van der Waals surface area (Å²) >= 11 is 1.43. The molecule has 0 saturated heterocycles. The van der Waals surface area contributed by atoms with Gasteiger partial charge in [-0.25, -0.2) is 0 Å². The summed E-state index contributed by atoms with van der Waals surface area (Å²) in [7, 11) is 0. The number of thioether (sulfide) groups is 1. The Labute approximate surface area is 168 Å². The molecule has 0 radical (unpaired) electrons. The molecule has 0 aliphatic carbocycles. The van der Waals surface area contributed by atoms with Gasteiger partial charge >= 0.3 is 0 Å². The van der Waals surface area contributed by atoms with Gasteiger partial charge in [0, 0.05) is 11.3 Å². The first kappa shape index (κ1) is 18.2. The third kappa shape index (κ3) is 3.75. The zero-order valence-electron chi connectivity index (χ0n) is 15.4. The third-order valence-electron chi connectivity index (χ3n) is 4.43. The van der Waals surface area contributed by atoms with Gasteiger partial charge < -0.3 is 0 Å². The molecule has 0 aliphatic rings. The fourth-order valence-electron chi connectivity index (χ4n) is 3.05. The van der Waals surface area contributed by atoms with E-state index in [-0.39, 0.29) is 5.78 Å². The Morgan fingerprint density at radius 1 is 0.821 bits per heavy atom. The Morgan fingerprint density at radius 3 is 2.04 bits per heavy atom. The molecule has 0 unspecified atom stereocenters. The van der Waals surface area contributed by atoms with Crippen LogP contribution in [0.3, 0.4) is 0 Å². The maximum Gasteiger partial charge on any atom is 0.196 e. The number of carbonyl (C=O) groups is 1. The molecular formula is C23H19N3OS. The number of benzene rings is 3. The third-order valence-corrected chi connectivity index (χ3v) is 5.63. The average molecular weight is 385 g/mol. The molecule has 0 N–H and O–H groups in total. The zero-order valence-corrected chi connectivity index (χ0v) is 16.2. The molecule has 0 saturated carbocycles. The van der Waals surface area contributed by atoms with E-state index in [0.29, 0.717) is 10.7 Å². The summed E-state index contributed by atoms with van der Waals surface area (Å²) in [6.45, 7) is 1.92. The Bertz CT molecular complexity index is 1060. The van der Waals surface area contributed by atoms with E-state index >= 15 is 0 Å². The number of para-hydroxylation sites is 1. The molecule has 4 rings (SSSR count). The van der Waals surface area contributed by atoms with Gasteiger partial charge in [0.25, 0.3) is 0 Å². The lowest BCUT2D eigenvalue weighted by Gasteiger charge is -2.16. The topological polar surface area (TPSA) is 47.8 Å². The van der Waals surface area contributed by atoms with Crippen molar-refractivity contribution in [2.45, 2.75) is 17.3 Å². The molecule has 138 valence electrons. The van der Waals surface area contributed by atoms with Crippen LogP contribution in [-0.4, -0.2) is 20.5 Å². The molecule has 0 bridgehead atoms. The number of hydrogen-bond acceptors (Lipinski definition) is 4. The van der Waals surface area contributed by atoms with Crippen LogP contribution in [0.4, 0.5) is 0 Å². The van der Waals surface area contributed by atoms with Crippen molar-refractivity contribution in [1.29, 1.82) is 0 Å². The van der Waals surface area contributed by atoms with Crippen molar-refractivity contribution < 1.29 is 4.79 Å². The largest absolute Gasteiger partial charge is 0.293 e. The van der Waals surface area contributed by atoms with Gasteiger partial charge in [-0.2, -0.15) is 0 Å². The molecule has 0 amide bonds. The van der Waals surface area contributed by atoms with Gasteiger partial charge in [-0.15, -0.1) is 10.2 Å². The van der Waals surface area contributed by atoms with E-state index in [1.54, 1.807) is 0 Å². The monoisotopic (exact) mass is 385 g/mol. The van der Waals surface area contributed by atoms with E-state index in [0.717, 1.165) is 17.1 Å². The molecule has 28 heavy (non-hydrogen) atoms. The minimum atomic E-state index is -0.408. The van der Waals surface area contributed by atoms with Gasteiger partial charge in [0.1, 0.15) is 11.1 Å². The van der Waals surface area contributed by atoms with Gasteiger partial charge in [-0.3, -0.25) is 9.36 Å². The van der Waals surface area contributed by atoms with Crippen LogP contribution in [0.1, 0.15) is 27.0 Å². The van der Waals surface area contributed by atoms with E-state index in [2.05, 4.69) is 10.2 Å². The van der Waals surface area contributed by atoms with Gasteiger partial charge in [0.05, 0.1) is 0 Å². The molecular weight excluding hydrogens is 366 g/mol. The van der Waals surface area contributed by atoms with E-state index in [1.165, 1.54) is 11.8 Å².